The number of aromatic nitrogens is 1. The van der Waals surface area contributed by atoms with Crippen molar-refractivity contribution in [1.82, 2.24) is 4.57 Å². The summed E-state index contributed by atoms with van der Waals surface area (Å²) in [6.07, 6.45) is 0. The van der Waals surface area contributed by atoms with Crippen LogP contribution < -0.4 is 4.74 Å². The molecule has 0 atom stereocenters. The van der Waals surface area contributed by atoms with Crippen molar-refractivity contribution >= 4 is 16.7 Å². The van der Waals surface area contributed by atoms with Gasteiger partial charge in [0.15, 0.2) is 0 Å². The number of phenolic OH excluding ortho intramolecular Hbond substituents is 1. The molecule has 4 nitrogen and oxygen atoms in total. The molecule has 0 saturated carbocycles. The number of benzene rings is 4. The Kier molecular flexibility index (Phi) is 4.73. The molecule has 0 unspecified atom stereocenters. The number of carbonyl (C=O) groups excluding carboxylic acids is 1. The number of carbonyl (C=O) groups is 1. The molecule has 0 fully saturated rings. The van der Waals surface area contributed by atoms with Crippen LogP contribution in [-0.2, 0) is 0 Å². The van der Waals surface area contributed by atoms with E-state index in [1.54, 1.807) is 36.4 Å². The Morgan fingerprint density at radius 3 is 2.06 bits per heavy atom. The molecule has 4 heteroatoms. The summed E-state index contributed by atoms with van der Waals surface area (Å²) in [5.74, 6) is 1.46. The molecule has 5 rings (SSSR count). The molecule has 0 aliphatic heterocycles. The lowest BCUT2D eigenvalue weighted by Gasteiger charge is -2.11. The van der Waals surface area contributed by atoms with E-state index < -0.39 is 0 Å². The maximum absolute atomic E-state index is 13.4. The summed E-state index contributed by atoms with van der Waals surface area (Å²) in [6, 6.07) is 33.3. The molecule has 0 bridgehead atoms. The summed E-state index contributed by atoms with van der Waals surface area (Å²) < 4.78 is 7.75. The summed E-state index contributed by atoms with van der Waals surface area (Å²) in [4.78, 5) is 13.4. The van der Waals surface area contributed by atoms with Gasteiger partial charge in [-0.2, -0.15) is 0 Å². The fraction of sp³-hybridized carbons (Fsp3) is 0. The fourth-order valence-corrected chi connectivity index (χ4v) is 3.67. The van der Waals surface area contributed by atoms with Crippen LogP contribution in [-0.4, -0.2) is 15.5 Å². The Morgan fingerprint density at radius 1 is 0.710 bits per heavy atom. The van der Waals surface area contributed by atoms with Gasteiger partial charge in [-0.05, 0) is 72.8 Å². The predicted molar refractivity (Wildman–Crippen MR) is 121 cm³/mol. The molecule has 4 aromatic carbocycles. The molecule has 0 aliphatic rings. The number of para-hydroxylation sites is 2. The van der Waals surface area contributed by atoms with Crippen LogP contribution in [0.1, 0.15) is 16.1 Å². The van der Waals surface area contributed by atoms with Gasteiger partial charge in [-0.25, -0.2) is 0 Å². The summed E-state index contributed by atoms with van der Waals surface area (Å²) in [7, 11) is 0. The van der Waals surface area contributed by atoms with Gasteiger partial charge in [0.05, 0.1) is 11.2 Å². The number of phenols is 1. The maximum Gasteiger partial charge on any atom is 0.209 e. The summed E-state index contributed by atoms with van der Waals surface area (Å²) >= 11 is 0. The number of ether oxygens (including phenoxy) is 1. The van der Waals surface area contributed by atoms with E-state index in [0.717, 1.165) is 22.3 Å². The molecule has 150 valence electrons. The number of rotatable bonds is 5. The van der Waals surface area contributed by atoms with Gasteiger partial charge in [-0.3, -0.25) is 4.79 Å². The minimum absolute atomic E-state index is 0.106. The van der Waals surface area contributed by atoms with Crippen LogP contribution in [0.2, 0.25) is 0 Å². The highest BCUT2D eigenvalue weighted by atomic mass is 16.5. The second-order valence-corrected chi connectivity index (χ2v) is 7.21. The lowest BCUT2D eigenvalue weighted by atomic mass is 10.1. The van der Waals surface area contributed by atoms with E-state index >= 15 is 0 Å². The van der Waals surface area contributed by atoms with Crippen molar-refractivity contribution < 1.29 is 14.6 Å². The Balaban J connectivity index is 1.54. The Bertz CT molecular complexity index is 1350. The lowest BCUT2D eigenvalue weighted by molar-refractivity contribution is 0.103. The monoisotopic (exact) mass is 405 g/mol. The number of ketones is 1. The molecule has 1 heterocycles. The first kappa shape index (κ1) is 18.7. The Hall–Kier alpha value is -4.31. The van der Waals surface area contributed by atoms with Gasteiger partial charge in [0.1, 0.15) is 17.2 Å². The molecule has 0 spiro atoms. The van der Waals surface area contributed by atoms with Gasteiger partial charge in [0.2, 0.25) is 5.78 Å². The normalized spacial score (nSPS) is 10.8. The van der Waals surface area contributed by atoms with Gasteiger partial charge >= 0.3 is 0 Å². The van der Waals surface area contributed by atoms with Crippen molar-refractivity contribution in [2.75, 3.05) is 0 Å². The highest BCUT2D eigenvalue weighted by Gasteiger charge is 2.19. The van der Waals surface area contributed by atoms with Crippen molar-refractivity contribution in [3.05, 3.63) is 120 Å². The quantitative estimate of drug-likeness (QED) is 0.346. The van der Waals surface area contributed by atoms with Crippen molar-refractivity contribution in [2.24, 2.45) is 0 Å². The molecule has 31 heavy (non-hydrogen) atoms. The van der Waals surface area contributed by atoms with Crippen LogP contribution in [0.3, 0.4) is 0 Å². The van der Waals surface area contributed by atoms with Gasteiger partial charge < -0.3 is 14.4 Å². The molecule has 0 amide bonds. The minimum Gasteiger partial charge on any atom is -0.508 e. The van der Waals surface area contributed by atoms with Crippen LogP contribution in [0.5, 0.6) is 17.2 Å². The smallest absolute Gasteiger partial charge is 0.209 e. The highest BCUT2D eigenvalue weighted by Crippen LogP contribution is 2.29. The van der Waals surface area contributed by atoms with E-state index in [4.69, 9.17) is 4.74 Å². The van der Waals surface area contributed by atoms with Gasteiger partial charge in [0.25, 0.3) is 0 Å². The first-order valence-electron chi connectivity index (χ1n) is 9.96. The van der Waals surface area contributed by atoms with Gasteiger partial charge in [0, 0.05) is 16.6 Å². The average molecular weight is 405 g/mol. The molecule has 1 N–H and O–H groups in total. The third kappa shape index (κ3) is 3.67. The number of fused-ring (bicyclic) bond motifs is 1. The van der Waals surface area contributed by atoms with Crippen molar-refractivity contribution in [1.29, 1.82) is 0 Å². The first-order chi connectivity index (χ1) is 15.2. The van der Waals surface area contributed by atoms with Crippen molar-refractivity contribution in [2.45, 2.75) is 0 Å². The van der Waals surface area contributed by atoms with Crippen LogP contribution in [0.4, 0.5) is 0 Å². The zero-order valence-corrected chi connectivity index (χ0v) is 16.6. The number of hydrogen-bond acceptors (Lipinski definition) is 3. The molecule has 0 saturated heterocycles. The number of nitrogens with zero attached hydrogens (tertiary/aromatic N) is 1. The zero-order valence-electron chi connectivity index (χ0n) is 16.6. The SMILES string of the molecule is O=C(c1ccc(Oc2ccccc2)cc1)c1cc2cc(O)ccc2n1-c1ccccc1. The summed E-state index contributed by atoms with van der Waals surface area (Å²) in [5.41, 5.74) is 2.83. The predicted octanol–water partition coefficient (Wildman–Crippen LogP) is 6.36. The third-order valence-electron chi connectivity index (χ3n) is 5.13. The van der Waals surface area contributed by atoms with E-state index in [-0.39, 0.29) is 11.5 Å². The van der Waals surface area contributed by atoms with Gasteiger partial charge in [-0.1, -0.05) is 36.4 Å². The molecule has 0 aliphatic carbocycles. The van der Waals surface area contributed by atoms with E-state index in [9.17, 15) is 9.90 Å². The highest BCUT2D eigenvalue weighted by molar-refractivity contribution is 6.11. The van der Waals surface area contributed by atoms with E-state index in [1.807, 2.05) is 77.4 Å². The molecule has 5 aromatic rings. The van der Waals surface area contributed by atoms with Crippen LogP contribution in [0.15, 0.2) is 109 Å². The third-order valence-corrected chi connectivity index (χ3v) is 5.13. The Labute approximate surface area is 179 Å². The van der Waals surface area contributed by atoms with E-state index in [0.29, 0.717) is 17.0 Å². The largest absolute Gasteiger partial charge is 0.508 e. The first-order valence-corrected chi connectivity index (χ1v) is 9.96. The minimum atomic E-state index is -0.106. The average Bonchev–Trinajstić information content (AvgIpc) is 3.19. The summed E-state index contributed by atoms with van der Waals surface area (Å²) in [6.45, 7) is 0. The molecular formula is C27H19NO3. The second kappa shape index (κ2) is 7.84. The van der Waals surface area contributed by atoms with Crippen LogP contribution in [0, 0.1) is 0 Å². The van der Waals surface area contributed by atoms with Crippen molar-refractivity contribution in [3.63, 3.8) is 0 Å². The summed E-state index contributed by atoms with van der Waals surface area (Å²) in [5, 5.41) is 10.7. The fourth-order valence-electron chi connectivity index (χ4n) is 3.67. The standard InChI is InChI=1S/C27H19NO3/c29-22-13-16-25-20(17-22)18-26(28(25)21-7-3-1-4-8-21)27(30)19-11-14-24(15-12-19)31-23-9-5-2-6-10-23/h1-18,29H. The molecule has 0 radical (unpaired) electrons. The Morgan fingerprint density at radius 2 is 1.35 bits per heavy atom. The number of hydrogen-bond donors (Lipinski definition) is 1. The van der Waals surface area contributed by atoms with Gasteiger partial charge in [-0.15, -0.1) is 0 Å². The van der Waals surface area contributed by atoms with Crippen LogP contribution in [0.25, 0.3) is 16.6 Å². The maximum atomic E-state index is 13.4. The van der Waals surface area contributed by atoms with Crippen LogP contribution >= 0.6 is 0 Å². The topological polar surface area (TPSA) is 51.5 Å². The van der Waals surface area contributed by atoms with Crippen molar-refractivity contribution in [3.8, 4) is 22.9 Å². The second-order valence-electron chi connectivity index (χ2n) is 7.21. The lowest BCUT2D eigenvalue weighted by Crippen LogP contribution is -2.08. The van der Waals surface area contributed by atoms with E-state index in [2.05, 4.69) is 0 Å². The molecular weight excluding hydrogens is 386 g/mol. The van der Waals surface area contributed by atoms with E-state index in [1.165, 1.54) is 0 Å². The number of aromatic hydroxyl groups is 1. The molecule has 1 aromatic heterocycles. The zero-order chi connectivity index (χ0) is 21.2.